The molecule has 0 spiro atoms. The van der Waals surface area contributed by atoms with Gasteiger partial charge in [0.1, 0.15) is 0 Å². The van der Waals surface area contributed by atoms with Gasteiger partial charge in [0.05, 0.1) is 12.5 Å². The minimum atomic E-state index is -3.45. The summed E-state index contributed by atoms with van der Waals surface area (Å²) in [7, 11) is -3.45. The molecule has 2 N–H and O–H groups in total. The molecule has 0 amide bonds. The molecule has 5 nitrogen and oxygen atoms in total. The number of H-pyrrole nitrogens is 1. The van der Waals surface area contributed by atoms with Crippen LogP contribution in [0.15, 0.2) is 17.6 Å². The highest BCUT2D eigenvalue weighted by Crippen LogP contribution is 2.39. The van der Waals surface area contributed by atoms with E-state index in [4.69, 9.17) is 0 Å². The van der Waals surface area contributed by atoms with E-state index in [1.807, 2.05) is 13.8 Å². The second kappa shape index (κ2) is 3.31. The molecule has 1 aliphatic rings. The van der Waals surface area contributed by atoms with E-state index >= 15 is 0 Å². The maximum atomic E-state index is 11.9. The zero-order valence-electron chi connectivity index (χ0n) is 8.82. The van der Waals surface area contributed by atoms with E-state index in [9.17, 15) is 8.42 Å². The summed E-state index contributed by atoms with van der Waals surface area (Å²) in [4.78, 5) is 6.30. The van der Waals surface area contributed by atoms with Crippen molar-refractivity contribution in [3.63, 3.8) is 0 Å². The minimum Gasteiger partial charge on any atom is -0.335 e. The van der Waals surface area contributed by atoms with Gasteiger partial charge in [-0.25, -0.2) is 18.1 Å². The molecule has 2 rings (SSSR count). The Labute approximate surface area is 89.4 Å². The van der Waals surface area contributed by atoms with Crippen molar-refractivity contribution in [2.75, 3.05) is 0 Å². The highest BCUT2D eigenvalue weighted by molar-refractivity contribution is 7.89. The normalized spacial score (nSPS) is 18.0. The smallest absolute Gasteiger partial charge is 0.258 e. The number of hydrogen-bond donors (Lipinski definition) is 2. The van der Waals surface area contributed by atoms with Crippen molar-refractivity contribution < 1.29 is 8.42 Å². The maximum Gasteiger partial charge on any atom is 0.258 e. The second-order valence-corrected chi connectivity index (χ2v) is 6.17. The third kappa shape index (κ3) is 2.21. The molecule has 6 heteroatoms. The van der Waals surface area contributed by atoms with E-state index < -0.39 is 10.0 Å². The van der Waals surface area contributed by atoms with Gasteiger partial charge in [0.25, 0.3) is 10.0 Å². The lowest BCUT2D eigenvalue weighted by molar-refractivity contribution is 0.400. The van der Waals surface area contributed by atoms with Crippen molar-refractivity contribution in [2.24, 2.45) is 5.92 Å². The Hall–Kier alpha value is -0.880. The van der Waals surface area contributed by atoms with Gasteiger partial charge in [0, 0.05) is 5.54 Å². The van der Waals surface area contributed by atoms with Crippen molar-refractivity contribution in [2.45, 2.75) is 37.3 Å². The Morgan fingerprint density at radius 3 is 2.67 bits per heavy atom. The lowest BCUT2D eigenvalue weighted by Crippen LogP contribution is -2.45. The Balaban J connectivity index is 2.18. The van der Waals surface area contributed by atoms with Crippen molar-refractivity contribution in [1.29, 1.82) is 0 Å². The molecule has 1 saturated carbocycles. The van der Waals surface area contributed by atoms with Gasteiger partial charge in [-0.3, -0.25) is 0 Å². The molecule has 0 atom stereocenters. The van der Waals surface area contributed by atoms with E-state index in [1.54, 1.807) is 0 Å². The summed E-state index contributed by atoms with van der Waals surface area (Å²) >= 11 is 0. The highest BCUT2D eigenvalue weighted by atomic mass is 32.2. The second-order valence-electron chi connectivity index (χ2n) is 4.52. The lowest BCUT2D eigenvalue weighted by Gasteiger charge is -2.25. The van der Waals surface area contributed by atoms with Crippen LogP contribution in [0.4, 0.5) is 0 Å². The van der Waals surface area contributed by atoms with Crippen LogP contribution in [0.1, 0.15) is 26.7 Å². The van der Waals surface area contributed by atoms with Gasteiger partial charge >= 0.3 is 0 Å². The van der Waals surface area contributed by atoms with E-state index in [0.717, 1.165) is 12.8 Å². The first-order chi connectivity index (χ1) is 6.92. The summed E-state index contributed by atoms with van der Waals surface area (Å²) in [6, 6.07) is 0. The van der Waals surface area contributed by atoms with Crippen LogP contribution in [0.2, 0.25) is 0 Å². The van der Waals surface area contributed by atoms with Crippen LogP contribution in [0.3, 0.4) is 0 Å². The average molecular weight is 229 g/mol. The Kier molecular flexibility index (Phi) is 2.35. The summed E-state index contributed by atoms with van der Waals surface area (Å²) in [5, 5.41) is 0.122. The van der Waals surface area contributed by atoms with Crippen molar-refractivity contribution in [3.8, 4) is 0 Å². The van der Waals surface area contributed by atoms with Gasteiger partial charge in [-0.1, -0.05) is 0 Å². The molecule has 0 unspecified atom stereocenters. The van der Waals surface area contributed by atoms with Crippen LogP contribution in [0.25, 0.3) is 0 Å². The third-order valence-electron chi connectivity index (χ3n) is 2.76. The molecule has 0 saturated heterocycles. The van der Waals surface area contributed by atoms with Gasteiger partial charge in [-0.2, -0.15) is 0 Å². The minimum absolute atomic E-state index is 0.122. The summed E-state index contributed by atoms with van der Waals surface area (Å²) in [5.74, 6) is 0.454. The van der Waals surface area contributed by atoms with Crippen molar-refractivity contribution >= 4 is 10.0 Å². The molecular formula is C9H15N3O2S. The number of sulfonamides is 1. The van der Waals surface area contributed by atoms with E-state index in [0.29, 0.717) is 5.92 Å². The van der Waals surface area contributed by atoms with Crippen LogP contribution in [-0.2, 0) is 10.0 Å². The molecule has 84 valence electrons. The fourth-order valence-electron chi connectivity index (χ4n) is 1.68. The van der Waals surface area contributed by atoms with Crippen LogP contribution < -0.4 is 4.72 Å². The van der Waals surface area contributed by atoms with Crippen molar-refractivity contribution in [3.05, 3.63) is 12.5 Å². The third-order valence-corrected chi connectivity index (χ3v) is 4.36. The lowest BCUT2D eigenvalue weighted by atomic mass is 10.0. The Morgan fingerprint density at radius 1 is 1.53 bits per heavy atom. The summed E-state index contributed by atoms with van der Waals surface area (Å²) in [6.07, 6.45) is 4.86. The van der Waals surface area contributed by atoms with Gasteiger partial charge in [0.2, 0.25) is 0 Å². The first-order valence-electron chi connectivity index (χ1n) is 4.94. The molecular weight excluding hydrogens is 214 g/mol. The van der Waals surface area contributed by atoms with Crippen LogP contribution in [-0.4, -0.2) is 23.9 Å². The number of aromatic amines is 1. The van der Waals surface area contributed by atoms with Crippen LogP contribution >= 0.6 is 0 Å². The molecule has 1 aliphatic carbocycles. The maximum absolute atomic E-state index is 11.9. The number of hydrogen-bond acceptors (Lipinski definition) is 3. The summed E-state index contributed by atoms with van der Waals surface area (Å²) in [5.41, 5.74) is -0.371. The highest BCUT2D eigenvalue weighted by Gasteiger charge is 2.40. The van der Waals surface area contributed by atoms with E-state index in [2.05, 4.69) is 14.7 Å². The van der Waals surface area contributed by atoms with Crippen LogP contribution in [0, 0.1) is 5.92 Å². The van der Waals surface area contributed by atoms with E-state index in [1.165, 1.54) is 12.5 Å². The molecule has 1 aromatic heterocycles. The summed E-state index contributed by atoms with van der Waals surface area (Å²) < 4.78 is 26.4. The van der Waals surface area contributed by atoms with E-state index in [-0.39, 0.29) is 10.6 Å². The Bertz CT molecular complexity index is 432. The molecule has 15 heavy (non-hydrogen) atoms. The zero-order chi connectivity index (χ0) is 11.1. The molecule has 0 bridgehead atoms. The number of aromatic nitrogens is 2. The Morgan fingerprint density at radius 2 is 2.20 bits per heavy atom. The molecule has 0 radical (unpaired) electrons. The van der Waals surface area contributed by atoms with Gasteiger partial charge < -0.3 is 4.98 Å². The largest absolute Gasteiger partial charge is 0.335 e. The SMILES string of the molecule is CC(C)(NS(=O)(=O)c1cnc[nH]1)C1CC1. The van der Waals surface area contributed by atoms with Gasteiger partial charge in [-0.05, 0) is 32.6 Å². The zero-order valence-corrected chi connectivity index (χ0v) is 9.63. The number of rotatable bonds is 4. The monoisotopic (exact) mass is 229 g/mol. The topological polar surface area (TPSA) is 74.8 Å². The molecule has 0 aliphatic heterocycles. The predicted octanol–water partition coefficient (Wildman–Crippen LogP) is 0.877. The first kappa shape index (κ1) is 10.6. The number of nitrogens with zero attached hydrogens (tertiary/aromatic N) is 1. The van der Waals surface area contributed by atoms with Gasteiger partial charge in [-0.15, -0.1) is 0 Å². The predicted molar refractivity (Wildman–Crippen MR) is 55.7 cm³/mol. The number of nitrogens with one attached hydrogen (secondary N) is 2. The fraction of sp³-hybridized carbons (Fsp3) is 0.667. The molecule has 1 aromatic rings. The summed E-state index contributed by atoms with van der Waals surface area (Å²) in [6.45, 7) is 3.83. The standard InChI is InChI=1S/C9H15N3O2S/c1-9(2,7-3-4-7)12-15(13,14)8-5-10-6-11-8/h5-7,12H,3-4H2,1-2H3,(H,10,11). The fourth-order valence-corrected chi connectivity index (χ4v) is 3.06. The molecule has 1 fully saturated rings. The molecule has 0 aromatic carbocycles. The van der Waals surface area contributed by atoms with Gasteiger partial charge in [0.15, 0.2) is 5.03 Å². The number of imidazole rings is 1. The van der Waals surface area contributed by atoms with Crippen molar-refractivity contribution in [1.82, 2.24) is 14.7 Å². The van der Waals surface area contributed by atoms with Crippen LogP contribution in [0.5, 0.6) is 0 Å². The molecule has 1 heterocycles. The first-order valence-corrected chi connectivity index (χ1v) is 6.42. The quantitative estimate of drug-likeness (QED) is 0.804. The average Bonchev–Trinajstić information content (AvgIpc) is 2.80.